The predicted octanol–water partition coefficient (Wildman–Crippen LogP) is 4.29. The number of aliphatic hydroxyl groups is 2. The summed E-state index contributed by atoms with van der Waals surface area (Å²) in [6.45, 7) is 9.59. The van der Waals surface area contributed by atoms with Gasteiger partial charge in [0.1, 0.15) is 5.60 Å². The summed E-state index contributed by atoms with van der Waals surface area (Å²) in [4.78, 5) is 0. The van der Waals surface area contributed by atoms with Crippen molar-refractivity contribution >= 4 is 0 Å². The molecule has 0 aliphatic carbocycles. The highest BCUT2D eigenvalue weighted by atomic mass is 16.5. The van der Waals surface area contributed by atoms with Gasteiger partial charge in [-0.1, -0.05) is 57.6 Å². The molecule has 0 aliphatic heterocycles. The van der Waals surface area contributed by atoms with Gasteiger partial charge >= 0.3 is 0 Å². The molecule has 0 atom stereocenters. The van der Waals surface area contributed by atoms with Crippen molar-refractivity contribution in [3.05, 3.63) is 35.4 Å². The van der Waals surface area contributed by atoms with Crippen LogP contribution in [0, 0.1) is 11.8 Å². The summed E-state index contributed by atoms with van der Waals surface area (Å²) in [5.74, 6) is 6.20. The van der Waals surface area contributed by atoms with Gasteiger partial charge in [-0.3, -0.25) is 0 Å². The Balaban J connectivity index is 0.00000163. The highest BCUT2D eigenvalue weighted by Gasteiger charge is 2.21. The van der Waals surface area contributed by atoms with Gasteiger partial charge in [-0.05, 0) is 43.9 Å². The first-order chi connectivity index (χ1) is 11.5. The van der Waals surface area contributed by atoms with Crippen molar-refractivity contribution in [2.75, 3.05) is 13.2 Å². The van der Waals surface area contributed by atoms with E-state index in [1.54, 1.807) is 6.92 Å². The van der Waals surface area contributed by atoms with Crippen LogP contribution in [0.25, 0.3) is 0 Å². The molecule has 0 bridgehead atoms. The molecule has 3 heteroatoms. The monoisotopic (exact) mass is 334 g/mol. The zero-order valence-corrected chi connectivity index (χ0v) is 15.8. The van der Waals surface area contributed by atoms with Gasteiger partial charge in [-0.25, -0.2) is 0 Å². The lowest BCUT2D eigenvalue weighted by molar-refractivity contribution is 0.0807. The Morgan fingerprint density at radius 2 is 1.67 bits per heavy atom. The van der Waals surface area contributed by atoms with Crippen molar-refractivity contribution in [2.24, 2.45) is 0 Å². The highest BCUT2D eigenvalue weighted by molar-refractivity contribution is 5.38. The van der Waals surface area contributed by atoms with Crippen LogP contribution in [0.2, 0.25) is 0 Å². The van der Waals surface area contributed by atoms with Crippen molar-refractivity contribution < 1.29 is 14.9 Å². The van der Waals surface area contributed by atoms with Gasteiger partial charge in [-0.15, -0.1) is 0 Å². The number of hydrogen-bond acceptors (Lipinski definition) is 3. The Hall–Kier alpha value is -1.34. The van der Waals surface area contributed by atoms with E-state index in [1.807, 2.05) is 24.3 Å². The lowest BCUT2D eigenvalue weighted by Crippen LogP contribution is -2.25. The lowest BCUT2D eigenvalue weighted by atomic mass is 9.93. The fourth-order valence-corrected chi connectivity index (χ4v) is 2.34. The molecule has 24 heavy (non-hydrogen) atoms. The van der Waals surface area contributed by atoms with Gasteiger partial charge in [0.25, 0.3) is 0 Å². The van der Waals surface area contributed by atoms with Crippen LogP contribution < -0.4 is 0 Å². The molecule has 1 aromatic carbocycles. The summed E-state index contributed by atoms with van der Waals surface area (Å²) in [6.07, 6.45) is 4.37. The second kappa shape index (κ2) is 14.0. The third kappa shape index (κ3) is 10.4. The third-order valence-electron chi connectivity index (χ3n) is 3.31. The SMILES string of the molecule is CCCOCc1cccc(C#CC(O)(CCC)CCC)c1.CCO. The van der Waals surface area contributed by atoms with Gasteiger partial charge in [0.2, 0.25) is 0 Å². The molecular weight excluding hydrogens is 300 g/mol. The first-order valence-corrected chi connectivity index (χ1v) is 9.08. The molecule has 1 rings (SSSR count). The van der Waals surface area contributed by atoms with Crippen molar-refractivity contribution in [3.8, 4) is 11.8 Å². The molecule has 0 saturated heterocycles. The molecule has 0 aliphatic rings. The van der Waals surface area contributed by atoms with Crippen molar-refractivity contribution in [3.63, 3.8) is 0 Å². The van der Waals surface area contributed by atoms with Crippen LogP contribution in [0.5, 0.6) is 0 Å². The summed E-state index contributed by atoms with van der Waals surface area (Å²) >= 11 is 0. The second-order valence-electron chi connectivity index (χ2n) is 5.85. The Bertz CT molecular complexity index is 479. The number of rotatable bonds is 8. The van der Waals surface area contributed by atoms with E-state index in [1.165, 1.54) is 0 Å². The molecule has 0 fully saturated rings. The zero-order valence-electron chi connectivity index (χ0n) is 15.8. The molecule has 0 radical (unpaired) electrons. The smallest absolute Gasteiger partial charge is 0.125 e. The first kappa shape index (κ1) is 22.7. The molecule has 0 unspecified atom stereocenters. The normalized spacial score (nSPS) is 10.4. The largest absolute Gasteiger partial charge is 0.397 e. The molecule has 0 amide bonds. The molecule has 1 aromatic rings. The van der Waals surface area contributed by atoms with Gasteiger partial charge in [0.15, 0.2) is 0 Å². The maximum absolute atomic E-state index is 10.5. The molecule has 2 N–H and O–H groups in total. The van der Waals surface area contributed by atoms with E-state index in [0.717, 1.165) is 49.8 Å². The minimum absolute atomic E-state index is 0.250. The van der Waals surface area contributed by atoms with E-state index in [0.29, 0.717) is 6.61 Å². The summed E-state index contributed by atoms with van der Waals surface area (Å²) in [5.41, 5.74) is 1.22. The average molecular weight is 335 g/mol. The zero-order chi connectivity index (χ0) is 18.3. The molecule has 0 aromatic heterocycles. The molecule has 3 nitrogen and oxygen atoms in total. The van der Waals surface area contributed by atoms with Crippen molar-refractivity contribution in [2.45, 2.75) is 72.0 Å². The van der Waals surface area contributed by atoms with E-state index < -0.39 is 5.60 Å². The van der Waals surface area contributed by atoms with Crippen LogP contribution in [0.15, 0.2) is 24.3 Å². The van der Waals surface area contributed by atoms with Gasteiger partial charge in [0, 0.05) is 18.8 Å². The number of aliphatic hydroxyl groups excluding tert-OH is 1. The average Bonchev–Trinajstić information content (AvgIpc) is 2.55. The fraction of sp³-hybridized carbons (Fsp3) is 0.619. The number of hydrogen-bond donors (Lipinski definition) is 2. The lowest BCUT2D eigenvalue weighted by Gasteiger charge is -2.20. The highest BCUT2D eigenvalue weighted by Crippen LogP contribution is 2.18. The maximum Gasteiger partial charge on any atom is 0.125 e. The van der Waals surface area contributed by atoms with Crippen molar-refractivity contribution in [1.29, 1.82) is 0 Å². The summed E-state index contributed by atoms with van der Waals surface area (Å²) in [6, 6.07) is 8.06. The topological polar surface area (TPSA) is 49.7 Å². The second-order valence-corrected chi connectivity index (χ2v) is 5.85. The first-order valence-electron chi connectivity index (χ1n) is 9.08. The van der Waals surface area contributed by atoms with E-state index in [2.05, 4.69) is 32.6 Å². The Morgan fingerprint density at radius 3 is 2.21 bits per heavy atom. The van der Waals surface area contributed by atoms with Gasteiger partial charge < -0.3 is 14.9 Å². The molecule has 0 saturated carbocycles. The van der Waals surface area contributed by atoms with E-state index in [4.69, 9.17) is 9.84 Å². The van der Waals surface area contributed by atoms with Crippen LogP contribution in [-0.2, 0) is 11.3 Å². The van der Waals surface area contributed by atoms with Crippen LogP contribution in [0.1, 0.15) is 70.9 Å². The van der Waals surface area contributed by atoms with E-state index in [9.17, 15) is 5.11 Å². The van der Waals surface area contributed by atoms with Gasteiger partial charge in [0.05, 0.1) is 6.61 Å². The Morgan fingerprint density at radius 1 is 1.04 bits per heavy atom. The Labute approximate surface area is 148 Å². The molecule has 0 spiro atoms. The van der Waals surface area contributed by atoms with Crippen LogP contribution in [0.4, 0.5) is 0 Å². The summed E-state index contributed by atoms with van der Waals surface area (Å²) < 4.78 is 5.55. The van der Waals surface area contributed by atoms with E-state index in [-0.39, 0.29) is 6.61 Å². The van der Waals surface area contributed by atoms with Crippen LogP contribution >= 0.6 is 0 Å². The van der Waals surface area contributed by atoms with Gasteiger partial charge in [-0.2, -0.15) is 0 Å². The fourth-order valence-electron chi connectivity index (χ4n) is 2.34. The quantitative estimate of drug-likeness (QED) is 0.550. The summed E-state index contributed by atoms with van der Waals surface area (Å²) in [7, 11) is 0. The number of ether oxygens (including phenoxy) is 1. The standard InChI is InChI=1S/C19H28O2.C2H6O/c1-4-11-19(20,12-5-2)13-10-17-8-7-9-18(15-17)16-21-14-6-3;1-2-3/h7-9,15,20H,4-6,11-12,14,16H2,1-3H3;3H,2H2,1H3. The molecule has 136 valence electrons. The minimum Gasteiger partial charge on any atom is -0.397 e. The molecule has 0 heterocycles. The molecular formula is C21H34O3. The predicted molar refractivity (Wildman–Crippen MR) is 101 cm³/mol. The third-order valence-corrected chi connectivity index (χ3v) is 3.31. The maximum atomic E-state index is 10.5. The van der Waals surface area contributed by atoms with Crippen LogP contribution in [-0.4, -0.2) is 29.0 Å². The van der Waals surface area contributed by atoms with Crippen molar-refractivity contribution in [1.82, 2.24) is 0 Å². The van der Waals surface area contributed by atoms with Crippen LogP contribution in [0.3, 0.4) is 0 Å². The van der Waals surface area contributed by atoms with E-state index >= 15 is 0 Å². The Kier molecular flexibility index (Phi) is 13.3. The summed E-state index contributed by atoms with van der Waals surface area (Å²) in [5, 5.41) is 18.1. The number of benzene rings is 1. The minimum atomic E-state index is -0.849.